The molecular formula is C23H29N5O2S. The van der Waals surface area contributed by atoms with Crippen molar-refractivity contribution in [2.24, 2.45) is 5.92 Å². The van der Waals surface area contributed by atoms with Gasteiger partial charge in [-0.2, -0.15) is 0 Å². The monoisotopic (exact) mass is 439 g/mol. The van der Waals surface area contributed by atoms with Gasteiger partial charge in [0.1, 0.15) is 5.03 Å². The standard InChI is InChI=1S/C23H29N5O2S/c1-15-5-8-19(16(2)12-15)25-21(29)14-31-22-10-9-20(26-27-22)28-11-3-4-17(13-28)23(30)24-18-6-7-18/h5,8-10,12,17-18H,3-4,6-7,11,13-14H2,1-2H3,(H,24,30)(H,25,29). The Balaban J connectivity index is 1.27. The third-order valence-corrected chi connectivity index (χ3v) is 6.59. The van der Waals surface area contributed by atoms with E-state index in [0.717, 1.165) is 49.3 Å². The summed E-state index contributed by atoms with van der Waals surface area (Å²) in [5.74, 6) is 1.17. The quantitative estimate of drug-likeness (QED) is 0.644. The predicted molar refractivity (Wildman–Crippen MR) is 123 cm³/mol. The van der Waals surface area contributed by atoms with Crippen molar-refractivity contribution in [1.82, 2.24) is 15.5 Å². The lowest BCUT2D eigenvalue weighted by atomic mass is 9.97. The number of benzene rings is 1. The van der Waals surface area contributed by atoms with Gasteiger partial charge in [-0.25, -0.2) is 0 Å². The maximum Gasteiger partial charge on any atom is 0.234 e. The number of nitrogens with one attached hydrogen (secondary N) is 2. The summed E-state index contributed by atoms with van der Waals surface area (Å²) in [6.07, 6.45) is 4.11. The number of thioether (sulfide) groups is 1. The SMILES string of the molecule is Cc1ccc(NC(=O)CSc2ccc(N3CCCC(C(=O)NC4CC4)C3)nn2)c(C)c1. The number of aromatic nitrogens is 2. The first-order valence-electron chi connectivity index (χ1n) is 10.9. The van der Waals surface area contributed by atoms with E-state index in [0.29, 0.717) is 17.6 Å². The van der Waals surface area contributed by atoms with Crippen LogP contribution in [0.25, 0.3) is 0 Å². The van der Waals surface area contributed by atoms with Crippen LogP contribution in [0, 0.1) is 19.8 Å². The van der Waals surface area contributed by atoms with E-state index in [-0.39, 0.29) is 23.5 Å². The van der Waals surface area contributed by atoms with Crippen molar-refractivity contribution in [3.63, 3.8) is 0 Å². The summed E-state index contributed by atoms with van der Waals surface area (Å²) in [6, 6.07) is 10.2. The molecule has 1 atom stereocenters. The van der Waals surface area contributed by atoms with E-state index >= 15 is 0 Å². The van der Waals surface area contributed by atoms with Gasteiger partial charge in [0, 0.05) is 24.8 Å². The second kappa shape index (κ2) is 9.68. The minimum atomic E-state index is -0.0663. The van der Waals surface area contributed by atoms with Gasteiger partial charge in [-0.1, -0.05) is 29.5 Å². The molecule has 0 bridgehead atoms. The Hall–Kier alpha value is -2.61. The molecule has 2 aliphatic rings. The summed E-state index contributed by atoms with van der Waals surface area (Å²) in [5, 5.41) is 15.4. The number of nitrogens with zero attached hydrogens (tertiary/aromatic N) is 3. The van der Waals surface area contributed by atoms with Crippen LogP contribution >= 0.6 is 11.8 Å². The van der Waals surface area contributed by atoms with Crippen LogP contribution in [0.2, 0.25) is 0 Å². The molecule has 2 amide bonds. The predicted octanol–water partition coefficient (Wildman–Crippen LogP) is 3.32. The normalized spacial score (nSPS) is 18.5. The van der Waals surface area contributed by atoms with Gasteiger partial charge in [-0.05, 0) is 63.3 Å². The van der Waals surface area contributed by atoms with Crippen LogP contribution in [0.15, 0.2) is 35.4 Å². The molecule has 2 fully saturated rings. The van der Waals surface area contributed by atoms with Crippen LogP contribution in [0.5, 0.6) is 0 Å². The van der Waals surface area contributed by atoms with Crippen LogP contribution in [0.4, 0.5) is 11.5 Å². The second-order valence-corrected chi connectivity index (χ2v) is 9.45. The van der Waals surface area contributed by atoms with Gasteiger partial charge in [0.25, 0.3) is 0 Å². The number of amides is 2. The Morgan fingerprint density at radius 1 is 1.13 bits per heavy atom. The first-order valence-corrected chi connectivity index (χ1v) is 11.9. The van der Waals surface area contributed by atoms with Crippen molar-refractivity contribution in [2.75, 3.05) is 29.1 Å². The Labute approximate surface area is 187 Å². The number of carbonyl (C=O) groups excluding carboxylic acids is 2. The molecular weight excluding hydrogens is 410 g/mol. The molecule has 164 valence electrons. The number of carbonyl (C=O) groups is 2. The summed E-state index contributed by atoms with van der Waals surface area (Å²) in [4.78, 5) is 26.8. The van der Waals surface area contributed by atoms with Gasteiger partial charge in [-0.15, -0.1) is 10.2 Å². The summed E-state index contributed by atoms with van der Waals surface area (Å²) in [5.41, 5.74) is 3.06. The Kier molecular flexibility index (Phi) is 6.75. The van der Waals surface area contributed by atoms with Gasteiger partial charge >= 0.3 is 0 Å². The molecule has 1 unspecified atom stereocenters. The highest BCUT2D eigenvalue weighted by atomic mass is 32.2. The number of anilines is 2. The van der Waals surface area contributed by atoms with Crippen LogP contribution in [-0.4, -0.2) is 46.9 Å². The zero-order valence-electron chi connectivity index (χ0n) is 18.1. The van der Waals surface area contributed by atoms with E-state index < -0.39 is 0 Å². The molecule has 8 heteroatoms. The Bertz CT molecular complexity index is 945. The number of piperidine rings is 1. The summed E-state index contributed by atoms with van der Waals surface area (Å²) >= 11 is 1.36. The molecule has 2 heterocycles. The fourth-order valence-corrected chi connectivity index (χ4v) is 4.40. The molecule has 1 aliphatic carbocycles. The summed E-state index contributed by atoms with van der Waals surface area (Å²) in [7, 11) is 0. The lowest BCUT2D eigenvalue weighted by Gasteiger charge is -2.32. The third-order valence-electron chi connectivity index (χ3n) is 5.67. The van der Waals surface area contributed by atoms with Crippen LogP contribution in [-0.2, 0) is 9.59 Å². The average molecular weight is 440 g/mol. The number of hydrogen-bond donors (Lipinski definition) is 2. The number of hydrogen-bond acceptors (Lipinski definition) is 6. The second-order valence-electron chi connectivity index (χ2n) is 8.45. The highest BCUT2D eigenvalue weighted by molar-refractivity contribution is 7.99. The average Bonchev–Trinajstić information content (AvgIpc) is 3.59. The van der Waals surface area contributed by atoms with Crippen molar-refractivity contribution in [1.29, 1.82) is 0 Å². The van der Waals surface area contributed by atoms with Gasteiger partial charge in [0.05, 0.1) is 11.7 Å². The third kappa shape index (κ3) is 5.97. The number of rotatable bonds is 7. The van der Waals surface area contributed by atoms with E-state index in [1.807, 2.05) is 44.2 Å². The van der Waals surface area contributed by atoms with E-state index in [2.05, 4.69) is 25.7 Å². The maximum atomic E-state index is 12.4. The van der Waals surface area contributed by atoms with Gasteiger partial charge < -0.3 is 15.5 Å². The van der Waals surface area contributed by atoms with Crippen molar-refractivity contribution in [3.05, 3.63) is 41.5 Å². The molecule has 1 aromatic carbocycles. The molecule has 7 nitrogen and oxygen atoms in total. The maximum absolute atomic E-state index is 12.4. The highest BCUT2D eigenvalue weighted by Crippen LogP contribution is 2.25. The fourth-order valence-electron chi connectivity index (χ4n) is 3.78. The van der Waals surface area contributed by atoms with Crippen molar-refractivity contribution in [3.8, 4) is 0 Å². The molecule has 2 aromatic rings. The number of aryl methyl sites for hydroxylation is 2. The molecule has 1 saturated heterocycles. The highest BCUT2D eigenvalue weighted by Gasteiger charge is 2.30. The minimum Gasteiger partial charge on any atom is -0.354 e. The largest absolute Gasteiger partial charge is 0.354 e. The van der Waals surface area contributed by atoms with Crippen LogP contribution < -0.4 is 15.5 Å². The molecule has 4 rings (SSSR count). The van der Waals surface area contributed by atoms with Crippen molar-refractivity contribution >= 4 is 35.1 Å². The smallest absolute Gasteiger partial charge is 0.234 e. The van der Waals surface area contributed by atoms with Gasteiger partial charge in [0.15, 0.2) is 5.82 Å². The molecule has 1 saturated carbocycles. The van der Waals surface area contributed by atoms with Crippen molar-refractivity contribution in [2.45, 2.75) is 50.6 Å². The van der Waals surface area contributed by atoms with Gasteiger partial charge in [-0.3, -0.25) is 9.59 Å². The van der Waals surface area contributed by atoms with Gasteiger partial charge in [0.2, 0.25) is 11.8 Å². The first-order chi connectivity index (χ1) is 15.0. The Morgan fingerprint density at radius 2 is 1.97 bits per heavy atom. The lowest BCUT2D eigenvalue weighted by molar-refractivity contribution is -0.125. The molecule has 0 spiro atoms. The molecule has 31 heavy (non-hydrogen) atoms. The Morgan fingerprint density at radius 3 is 2.68 bits per heavy atom. The van der Waals surface area contributed by atoms with E-state index in [4.69, 9.17) is 0 Å². The lowest BCUT2D eigenvalue weighted by Crippen LogP contribution is -2.44. The molecule has 1 aliphatic heterocycles. The van der Waals surface area contributed by atoms with E-state index in [1.54, 1.807) is 0 Å². The van der Waals surface area contributed by atoms with E-state index in [1.165, 1.54) is 17.3 Å². The van der Waals surface area contributed by atoms with Crippen LogP contribution in [0.3, 0.4) is 0 Å². The zero-order valence-corrected chi connectivity index (χ0v) is 18.9. The fraction of sp³-hybridized carbons (Fsp3) is 0.478. The zero-order chi connectivity index (χ0) is 21.8. The molecule has 0 radical (unpaired) electrons. The molecule has 1 aromatic heterocycles. The van der Waals surface area contributed by atoms with Crippen molar-refractivity contribution < 1.29 is 9.59 Å². The minimum absolute atomic E-state index is 0.0131. The van der Waals surface area contributed by atoms with E-state index in [9.17, 15) is 9.59 Å². The topological polar surface area (TPSA) is 87.2 Å². The van der Waals surface area contributed by atoms with Crippen LogP contribution in [0.1, 0.15) is 36.8 Å². The summed E-state index contributed by atoms with van der Waals surface area (Å²) in [6.45, 7) is 5.58. The molecule has 2 N–H and O–H groups in total. The summed E-state index contributed by atoms with van der Waals surface area (Å²) < 4.78 is 0. The first kappa shape index (κ1) is 21.6.